The molecule has 1 atom stereocenters. The molecule has 1 aliphatic rings. The van der Waals surface area contributed by atoms with Gasteiger partial charge in [0, 0.05) is 17.9 Å². The number of hydrogen-bond acceptors (Lipinski definition) is 2. The average molecular weight is 176 g/mol. The van der Waals surface area contributed by atoms with Crippen molar-refractivity contribution >= 4 is 0 Å². The summed E-state index contributed by atoms with van der Waals surface area (Å²) in [4.78, 5) is 4.46. The first-order valence-corrected chi connectivity index (χ1v) is 5.04. The highest BCUT2D eigenvalue weighted by Crippen LogP contribution is 2.26. The standard InChI is InChI=1S/C11H16N2/c1-2-8-6-9-10(12)4-3-5-11(9)13-7-8/h6-7,10H,2-5,12H2,1H3. The van der Waals surface area contributed by atoms with E-state index in [1.807, 2.05) is 6.20 Å². The maximum absolute atomic E-state index is 6.03. The highest BCUT2D eigenvalue weighted by molar-refractivity contribution is 5.30. The molecular formula is C11H16N2. The van der Waals surface area contributed by atoms with Crippen LogP contribution in [0.4, 0.5) is 0 Å². The van der Waals surface area contributed by atoms with Crippen molar-refractivity contribution in [3.63, 3.8) is 0 Å². The van der Waals surface area contributed by atoms with Crippen LogP contribution in [0.15, 0.2) is 12.3 Å². The number of aromatic nitrogens is 1. The predicted octanol–water partition coefficient (Wildman–Crippen LogP) is 1.98. The molecule has 0 fully saturated rings. The SMILES string of the molecule is CCc1cnc2c(c1)C(N)CCC2. The molecule has 1 heterocycles. The summed E-state index contributed by atoms with van der Waals surface area (Å²) < 4.78 is 0. The Morgan fingerprint density at radius 2 is 2.46 bits per heavy atom. The van der Waals surface area contributed by atoms with Crippen molar-refractivity contribution in [1.29, 1.82) is 0 Å². The molecule has 13 heavy (non-hydrogen) atoms. The zero-order chi connectivity index (χ0) is 9.26. The number of aryl methyl sites for hydroxylation is 2. The summed E-state index contributed by atoms with van der Waals surface area (Å²) in [5, 5.41) is 0. The van der Waals surface area contributed by atoms with Gasteiger partial charge in [0.05, 0.1) is 0 Å². The molecule has 70 valence electrons. The number of pyridine rings is 1. The van der Waals surface area contributed by atoms with Crippen molar-refractivity contribution in [2.24, 2.45) is 5.73 Å². The molecule has 2 N–H and O–H groups in total. The van der Waals surface area contributed by atoms with E-state index < -0.39 is 0 Å². The van der Waals surface area contributed by atoms with Gasteiger partial charge < -0.3 is 5.73 Å². The van der Waals surface area contributed by atoms with Gasteiger partial charge in [-0.1, -0.05) is 13.0 Å². The van der Waals surface area contributed by atoms with Crippen LogP contribution < -0.4 is 5.73 Å². The van der Waals surface area contributed by atoms with E-state index in [4.69, 9.17) is 5.73 Å². The topological polar surface area (TPSA) is 38.9 Å². The lowest BCUT2D eigenvalue weighted by molar-refractivity contribution is 0.559. The molecule has 2 heteroatoms. The van der Waals surface area contributed by atoms with Crippen LogP contribution in [0.5, 0.6) is 0 Å². The minimum absolute atomic E-state index is 0.225. The third-order valence-electron chi connectivity index (χ3n) is 2.80. The molecule has 0 radical (unpaired) electrons. The number of nitrogens with two attached hydrogens (primary N) is 1. The van der Waals surface area contributed by atoms with Crippen LogP contribution >= 0.6 is 0 Å². The van der Waals surface area contributed by atoms with Crippen LogP contribution in [0.3, 0.4) is 0 Å². The van der Waals surface area contributed by atoms with Crippen LogP contribution in [-0.4, -0.2) is 4.98 Å². The van der Waals surface area contributed by atoms with E-state index in [1.54, 1.807) is 0 Å². The Bertz CT molecular complexity index is 307. The molecule has 1 aliphatic carbocycles. The highest BCUT2D eigenvalue weighted by atomic mass is 14.7. The lowest BCUT2D eigenvalue weighted by Gasteiger charge is -2.21. The fourth-order valence-electron chi connectivity index (χ4n) is 1.92. The third-order valence-corrected chi connectivity index (χ3v) is 2.80. The average Bonchev–Trinajstić information content (AvgIpc) is 2.18. The summed E-state index contributed by atoms with van der Waals surface area (Å²) in [5.41, 5.74) is 9.83. The van der Waals surface area contributed by atoms with E-state index >= 15 is 0 Å². The van der Waals surface area contributed by atoms with Gasteiger partial charge in [-0.25, -0.2) is 0 Å². The van der Waals surface area contributed by atoms with Crippen LogP contribution in [0, 0.1) is 0 Å². The Labute approximate surface area is 79.2 Å². The summed E-state index contributed by atoms with van der Waals surface area (Å²) in [7, 11) is 0. The Balaban J connectivity index is 2.41. The maximum atomic E-state index is 6.03. The van der Waals surface area contributed by atoms with Crippen LogP contribution in [0.2, 0.25) is 0 Å². The summed E-state index contributed by atoms with van der Waals surface area (Å²) in [5.74, 6) is 0. The first-order valence-electron chi connectivity index (χ1n) is 5.04. The fourth-order valence-corrected chi connectivity index (χ4v) is 1.92. The number of nitrogens with zero attached hydrogens (tertiary/aromatic N) is 1. The van der Waals surface area contributed by atoms with Gasteiger partial charge in [0.2, 0.25) is 0 Å². The Hall–Kier alpha value is -0.890. The normalized spacial score (nSPS) is 21.2. The van der Waals surface area contributed by atoms with Gasteiger partial charge in [-0.15, -0.1) is 0 Å². The molecular weight excluding hydrogens is 160 g/mol. The van der Waals surface area contributed by atoms with E-state index in [0.717, 1.165) is 19.3 Å². The zero-order valence-electron chi connectivity index (χ0n) is 8.09. The predicted molar refractivity (Wildman–Crippen MR) is 53.5 cm³/mol. The van der Waals surface area contributed by atoms with Crippen LogP contribution in [0.1, 0.15) is 42.6 Å². The lowest BCUT2D eigenvalue weighted by atomic mass is 9.91. The van der Waals surface area contributed by atoms with Gasteiger partial charge in [-0.05, 0) is 36.8 Å². The minimum atomic E-state index is 0.225. The highest BCUT2D eigenvalue weighted by Gasteiger charge is 2.17. The molecule has 0 aromatic carbocycles. The Morgan fingerprint density at radius 3 is 3.23 bits per heavy atom. The van der Waals surface area contributed by atoms with Gasteiger partial charge in [0.25, 0.3) is 0 Å². The quantitative estimate of drug-likeness (QED) is 0.710. The molecule has 1 aromatic rings. The van der Waals surface area contributed by atoms with Gasteiger partial charge in [0.15, 0.2) is 0 Å². The van der Waals surface area contributed by atoms with E-state index in [0.29, 0.717) is 0 Å². The van der Waals surface area contributed by atoms with Crippen molar-refractivity contribution in [2.75, 3.05) is 0 Å². The number of rotatable bonds is 1. The van der Waals surface area contributed by atoms with E-state index in [-0.39, 0.29) is 6.04 Å². The number of fused-ring (bicyclic) bond motifs is 1. The largest absolute Gasteiger partial charge is 0.324 e. The summed E-state index contributed by atoms with van der Waals surface area (Å²) in [6.45, 7) is 2.15. The second kappa shape index (κ2) is 3.46. The van der Waals surface area contributed by atoms with Crippen molar-refractivity contribution in [2.45, 2.75) is 38.6 Å². The molecule has 0 saturated carbocycles. The second-order valence-corrected chi connectivity index (χ2v) is 3.73. The van der Waals surface area contributed by atoms with Crippen molar-refractivity contribution in [1.82, 2.24) is 4.98 Å². The fraction of sp³-hybridized carbons (Fsp3) is 0.545. The molecule has 0 amide bonds. The summed E-state index contributed by atoms with van der Waals surface area (Å²) >= 11 is 0. The van der Waals surface area contributed by atoms with Crippen LogP contribution in [-0.2, 0) is 12.8 Å². The van der Waals surface area contributed by atoms with Crippen molar-refractivity contribution in [3.05, 3.63) is 29.1 Å². The van der Waals surface area contributed by atoms with Crippen molar-refractivity contribution < 1.29 is 0 Å². The Kier molecular flexibility index (Phi) is 2.32. The second-order valence-electron chi connectivity index (χ2n) is 3.73. The molecule has 0 aliphatic heterocycles. The first kappa shape index (κ1) is 8.70. The zero-order valence-corrected chi connectivity index (χ0v) is 8.09. The van der Waals surface area contributed by atoms with E-state index in [2.05, 4.69) is 18.0 Å². The molecule has 1 aromatic heterocycles. The molecule has 0 spiro atoms. The van der Waals surface area contributed by atoms with Gasteiger partial charge in [-0.2, -0.15) is 0 Å². The molecule has 0 saturated heterocycles. The molecule has 0 bridgehead atoms. The third kappa shape index (κ3) is 1.59. The lowest BCUT2D eigenvalue weighted by Crippen LogP contribution is -2.18. The van der Waals surface area contributed by atoms with E-state index in [9.17, 15) is 0 Å². The van der Waals surface area contributed by atoms with Gasteiger partial charge in [0.1, 0.15) is 0 Å². The number of hydrogen-bond donors (Lipinski definition) is 1. The molecule has 1 unspecified atom stereocenters. The van der Waals surface area contributed by atoms with E-state index in [1.165, 1.54) is 23.2 Å². The Morgan fingerprint density at radius 1 is 1.62 bits per heavy atom. The molecule has 2 nitrogen and oxygen atoms in total. The smallest absolute Gasteiger partial charge is 0.0451 e. The van der Waals surface area contributed by atoms with Gasteiger partial charge in [-0.3, -0.25) is 4.98 Å². The minimum Gasteiger partial charge on any atom is -0.324 e. The van der Waals surface area contributed by atoms with Crippen molar-refractivity contribution in [3.8, 4) is 0 Å². The first-order chi connectivity index (χ1) is 6.31. The van der Waals surface area contributed by atoms with Gasteiger partial charge >= 0.3 is 0 Å². The monoisotopic (exact) mass is 176 g/mol. The maximum Gasteiger partial charge on any atom is 0.0451 e. The summed E-state index contributed by atoms with van der Waals surface area (Å²) in [6.07, 6.45) is 6.44. The summed E-state index contributed by atoms with van der Waals surface area (Å²) in [6, 6.07) is 2.45. The van der Waals surface area contributed by atoms with Crippen LogP contribution in [0.25, 0.3) is 0 Å². The molecule has 2 rings (SSSR count).